The van der Waals surface area contributed by atoms with Gasteiger partial charge in [0.2, 0.25) is 0 Å². The molecule has 2 atom stereocenters. The van der Waals surface area contributed by atoms with Gasteiger partial charge in [-0.15, -0.1) is 0 Å². The van der Waals surface area contributed by atoms with Gasteiger partial charge in [0.1, 0.15) is 0 Å². The lowest BCUT2D eigenvalue weighted by Crippen LogP contribution is -2.23. The molecule has 1 unspecified atom stereocenters. The minimum absolute atomic E-state index is 0.249. The minimum atomic E-state index is 0.249. The Labute approximate surface area is 127 Å². The second-order valence-electron chi connectivity index (χ2n) is 4.90. The van der Waals surface area contributed by atoms with Gasteiger partial charge in [-0.05, 0) is 12.0 Å². The van der Waals surface area contributed by atoms with E-state index in [9.17, 15) is 0 Å². The molecule has 0 aliphatic carbocycles. The van der Waals surface area contributed by atoms with E-state index in [0.717, 1.165) is 26.8 Å². The summed E-state index contributed by atoms with van der Waals surface area (Å²) in [6.45, 7) is 7.52. The SMILES string of the molecule is CCCSN1CCOC(c2ccccc2)[C@@H](C)C1.CO. The Morgan fingerprint density at radius 2 is 2.00 bits per heavy atom. The van der Waals surface area contributed by atoms with Crippen molar-refractivity contribution in [3.63, 3.8) is 0 Å². The second kappa shape index (κ2) is 10.2. The third-order valence-corrected chi connectivity index (χ3v) is 4.54. The monoisotopic (exact) mass is 297 g/mol. The van der Waals surface area contributed by atoms with Crippen molar-refractivity contribution in [2.45, 2.75) is 26.4 Å². The van der Waals surface area contributed by atoms with Crippen molar-refractivity contribution in [1.82, 2.24) is 4.31 Å². The Kier molecular flexibility index (Phi) is 8.94. The number of aliphatic hydroxyl groups is 1. The molecule has 1 fully saturated rings. The Hall–Kier alpha value is -0.550. The van der Waals surface area contributed by atoms with Gasteiger partial charge in [0.05, 0.1) is 12.7 Å². The van der Waals surface area contributed by atoms with Crippen LogP contribution in [-0.2, 0) is 4.74 Å². The molecule has 2 rings (SSSR count). The number of nitrogens with zero attached hydrogens (tertiary/aromatic N) is 1. The molecule has 0 saturated carbocycles. The Balaban J connectivity index is 0.000000956. The smallest absolute Gasteiger partial charge is 0.0863 e. The Morgan fingerprint density at radius 3 is 2.65 bits per heavy atom. The number of rotatable bonds is 4. The van der Waals surface area contributed by atoms with Crippen LogP contribution in [0.3, 0.4) is 0 Å². The quantitative estimate of drug-likeness (QED) is 0.864. The van der Waals surface area contributed by atoms with E-state index >= 15 is 0 Å². The summed E-state index contributed by atoms with van der Waals surface area (Å²) >= 11 is 1.97. The zero-order chi connectivity index (χ0) is 14.8. The fourth-order valence-electron chi connectivity index (χ4n) is 2.36. The molecule has 1 aliphatic rings. The number of aliphatic hydroxyl groups excluding tert-OH is 1. The maximum atomic E-state index is 7.00. The number of benzene rings is 1. The standard InChI is InChI=1S/C15H23NOS.CH4O/c1-3-11-18-16-9-10-17-15(13(2)12-16)14-7-5-4-6-8-14;1-2/h4-8,13,15H,3,9-12H2,1-2H3;2H,1H3/t13-,15?;/m0./s1. The van der Waals surface area contributed by atoms with E-state index in [1.54, 1.807) is 0 Å². The molecule has 1 aromatic rings. The third kappa shape index (κ3) is 5.44. The topological polar surface area (TPSA) is 32.7 Å². The van der Waals surface area contributed by atoms with E-state index in [4.69, 9.17) is 9.84 Å². The molecule has 4 heteroatoms. The molecule has 1 heterocycles. The molecule has 1 N–H and O–H groups in total. The van der Waals surface area contributed by atoms with Gasteiger partial charge in [0.25, 0.3) is 0 Å². The lowest BCUT2D eigenvalue weighted by Gasteiger charge is -2.24. The van der Waals surface area contributed by atoms with Crippen molar-refractivity contribution in [3.8, 4) is 0 Å². The van der Waals surface area contributed by atoms with Gasteiger partial charge in [-0.25, -0.2) is 4.31 Å². The normalized spacial score (nSPS) is 23.6. The molecule has 0 radical (unpaired) electrons. The summed E-state index contributed by atoms with van der Waals surface area (Å²) in [4.78, 5) is 0. The van der Waals surface area contributed by atoms with Gasteiger partial charge in [0.15, 0.2) is 0 Å². The van der Waals surface area contributed by atoms with Gasteiger partial charge in [-0.1, -0.05) is 56.1 Å². The van der Waals surface area contributed by atoms with E-state index in [-0.39, 0.29) is 6.10 Å². The highest BCUT2D eigenvalue weighted by Crippen LogP contribution is 2.30. The first-order chi connectivity index (χ1) is 9.81. The molecule has 1 saturated heterocycles. The molecule has 114 valence electrons. The van der Waals surface area contributed by atoms with Crippen LogP contribution in [0.15, 0.2) is 30.3 Å². The predicted molar refractivity (Wildman–Crippen MR) is 86.8 cm³/mol. The molecule has 20 heavy (non-hydrogen) atoms. The highest BCUT2D eigenvalue weighted by molar-refractivity contribution is 7.97. The summed E-state index contributed by atoms with van der Waals surface area (Å²) in [6.07, 6.45) is 1.48. The summed E-state index contributed by atoms with van der Waals surface area (Å²) in [6, 6.07) is 10.6. The van der Waals surface area contributed by atoms with Crippen LogP contribution < -0.4 is 0 Å². The van der Waals surface area contributed by atoms with Crippen molar-refractivity contribution >= 4 is 11.9 Å². The van der Waals surface area contributed by atoms with Crippen molar-refractivity contribution in [2.75, 3.05) is 32.6 Å². The third-order valence-electron chi connectivity index (χ3n) is 3.25. The minimum Gasteiger partial charge on any atom is -0.400 e. The number of hydrogen-bond donors (Lipinski definition) is 1. The molecule has 1 aromatic carbocycles. The van der Waals surface area contributed by atoms with E-state index < -0.39 is 0 Å². The van der Waals surface area contributed by atoms with Crippen LogP contribution in [0.4, 0.5) is 0 Å². The van der Waals surface area contributed by atoms with E-state index in [1.807, 2.05) is 11.9 Å². The summed E-state index contributed by atoms with van der Waals surface area (Å²) in [5.74, 6) is 1.75. The first-order valence-electron chi connectivity index (χ1n) is 7.30. The summed E-state index contributed by atoms with van der Waals surface area (Å²) in [5, 5.41) is 7.00. The zero-order valence-corrected chi connectivity index (χ0v) is 13.6. The van der Waals surface area contributed by atoms with Gasteiger partial charge in [0, 0.05) is 31.9 Å². The molecule has 0 bridgehead atoms. The molecule has 0 aromatic heterocycles. The lowest BCUT2D eigenvalue weighted by molar-refractivity contribution is 0.0360. The van der Waals surface area contributed by atoms with Gasteiger partial charge in [-0.3, -0.25) is 0 Å². The maximum absolute atomic E-state index is 7.00. The molecular formula is C16H27NO2S. The average molecular weight is 297 g/mol. The van der Waals surface area contributed by atoms with Gasteiger partial charge < -0.3 is 9.84 Å². The fraction of sp³-hybridized carbons (Fsp3) is 0.625. The van der Waals surface area contributed by atoms with Crippen molar-refractivity contribution in [3.05, 3.63) is 35.9 Å². The van der Waals surface area contributed by atoms with Crippen LogP contribution in [0.1, 0.15) is 31.9 Å². The first-order valence-corrected chi connectivity index (χ1v) is 8.24. The number of hydrogen-bond acceptors (Lipinski definition) is 4. The van der Waals surface area contributed by atoms with Crippen molar-refractivity contribution in [1.29, 1.82) is 0 Å². The Bertz CT molecular complexity index is 348. The fourth-order valence-corrected chi connectivity index (χ4v) is 3.34. The lowest BCUT2D eigenvalue weighted by atomic mass is 9.97. The van der Waals surface area contributed by atoms with Crippen LogP contribution in [0.2, 0.25) is 0 Å². The summed E-state index contributed by atoms with van der Waals surface area (Å²) < 4.78 is 8.53. The first kappa shape index (κ1) is 17.5. The van der Waals surface area contributed by atoms with Crippen molar-refractivity contribution < 1.29 is 9.84 Å². The van der Waals surface area contributed by atoms with Crippen LogP contribution in [0, 0.1) is 5.92 Å². The molecule has 3 nitrogen and oxygen atoms in total. The van der Waals surface area contributed by atoms with Gasteiger partial charge in [-0.2, -0.15) is 0 Å². The maximum Gasteiger partial charge on any atom is 0.0863 e. The van der Waals surface area contributed by atoms with Crippen LogP contribution in [0.25, 0.3) is 0 Å². The number of ether oxygens (including phenoxy) is 1. The largest absolute Gasteiger partial charge is 0.400 e. The summed E-state index contributed by atoms with van der Waals surface area (Å²) in [7, 11) is 1.00. The van der Waals surface area contributed by atoms with Crippen LogP contribution >= 0.6 is 11.9 Å². The van der Waals surface area contributed by atoms with Crippen LogP contribution in [-0.4, -0.2) is 42.0 Å². The highest BCUT2D eigenvalue weighted by atomic mass is 32.2. The van der Waals surface area contributed by atoms with E-state index in [2.05, 4.69) is 48.5 Å². The zero-order valence-electron chi connectivity index (χ0n) is 12.8. The van der Waals surface area contributed by atoms with Crippen LogP contribution in [0.5, 0.6) is 0 Å². The van der Waals surface area contributed by atoms with Gasteiger partial charge >= 0.3 is 0 Å². The molecule has 1 aliphatic heterocycles. The highest BCUT2D eigenvalue weighted by Gasteiger charge is 2.25. The Morgan fingerprint density at radius 1 is 1.30 bits per heavy atom. The average Bonchev–Trinajstić information content (AvgIpc) is 2.69. The molecule has 0 spiro atoms. The molecular weight excluding hydrogens is 270 g/mol. The predicted octanol–water partition coefficient (Wildman–Crippen LogP) is 3.36. The van der Waals surface area contributed by atoms with E-state index in [0.29, 0.717) is 5.92 Å². The van der Waals surface area contributed by atoms with E-state index in [1.165, 1.54) is 17.7 Å². The second-order valence-corrected chi connectivity index (χ2v) is 6.08. The summed E-state index contributed by atoms with van der Waals surface area (Å²) in [5.41, 5.74) is 1.31. The molecule has 0 amide bonds. The van der Waals surface area contributed by atoms with Crippen molar-refractivity contribution in [2.24, 2.45) is 5.92 Å².